The van der Waals surface area contributed by atoms with E-state index in [1.54, 1.807) is 4.52 Å². The highest BCUT2D eigenvalue weighted by Gasteiger charge is 2.30. The van der Waals surface area contributed by atoms with Gasteiger partial charge >= 0.3 is 5.97 Å². The molecule has 1 atom stereocenters. The summed E-state index contributed by atoms with van der Waals surface area (Å²) in [4.78, 5) is 26.1. The second-order valence-corrected chi connectivity index (χ2v) is 8.41. The molecular formula is C21H32N6O2. The Balaban J connectivity index is 1.57. The van der Waals surface area contributed by atoms with E-state index in [-0.39, 0.29) is 12.4 Å². The van der Waals surface area contributed by atoms with E-state index in [4.69, 9.17) is 4.74 Å². The lowest BCUT2D eigenvalue weighted by Gasteiger charge is -2.42. The molecule has 0 bridgehead atoms. The van der Waals surface area contributed by atoms with Crippen LogP contribution in [0.4, 0.5) is 5.82 Å². The summed E-state index contributed by atoms with van der Waals surface area (Å²) in [6.07, 6.45) is 6.66. The number of anilines is 1. The lowest BCUT2D eigenvalue weighted by Crippen LogP contribution is -2.48. The molecule has 0 spiro atoms. The maximum absolute atomic E-state index is 12.2. The van der Waals surface area contributed by atoms with Crippen LogP contribution >= 0.6 is 0 Å². The molecule has 2 aromatic rings. The molecule has 0 radical (unpaired) electrons. The number of esters is 1. The highest BCUT2D eigenvalue weighted by molar-refractivity contribution is 5.75. The van der Waals surface area contributed by atoms with E-state index in [9.17, 15) is 4.79 Å². The minimum Gasteiger partial charge on any atom is -0.466 e. The number of likely N-dealkylation sites (tertiary alicyclic amines) is 1. The predicted molar refractivity (Wildman–Crippen MR) is 111 cm³/mol. The number of aryl methyl sites for hydroxylation is 1. The number of nitrogens with zero attached hydrogens (tertiary/aromatic N) is 6. The largest absolute Gasteiger partial charge is 0.466 e. The van der Waals surface area contributed by atoms with Crippen LogP contribution in [0.25, 0.3) is 5.78 Å². The topological polar surface area (TPSA) is 75.9 Å². The summed E-state index contributed by atoms with van der Waals surface area (Å²) in [5, 5.41) is 4.41. The third-order valence-corrected chi connectivity index (χ3v) is 6.30. The Kier molecular flexibility index (Phi) is 5.99. The van der Waals surface area contributed by atoms with Crippen molar-refractivity contribution < 1.29 is 9.53 Å². The molecule has 0 aromatic carbocycles. The number of aromatic nitrogens is 4. The second-order valence-electron chi connectivity index (χ2n) is 8.41. The number of carbonyl (C=O) groups is 1. The number of hydrogen-bond donors (Lipinski definition) is 0. The molecule has 0 unspecified atom stereocenters. The standard InChI is InChI=1S/C21H32N6O2/c1-4-29-19(28)12-18-16(3)24-21-22-14-23-27(21)20(18)25-10-7-17(8-11-25)26-9-5-6-15(2)13-26/h14-15,17H,4-13H2,1-3H3/t15-/m1/s1. The number of fused-ring (bicyclic) bond motifs is 1. The molecule has 2 aliphatic rings. The molecule has 2 saturated heterocycles. The zero-order chi connectivity index (χ0) is 20.4. The average Bonchev–Trinajstić information content (AvgIpc) is 3.17. The van der Waals surface area contributed by atoms with Crippen LogP contribution in [0.2, 0.25) is 0 Å². The number of hydrogen-bond acceptors (Lipinski definition) is 7. The molecule has 4 heterocycles. The van der Waals surface area contributed by atoms with E-state index >= 15 is 0 Å². The fourth-order valence-electron chi connectivity index (χ4n) is 4.86. The van der Waals surface area contributed by atoms with E-state index in [1.165, 1.54) is 32.3 Å². The fourth-order valence-corrected chi connectivity index (χ4v) is 4.86. The molecule has 8 heteroatoms. The summed E-state index contributed by atoms with van der Waals surface area (Å²) in [5.74, 6) is 2.10. The van der Waals surface area contributed by atoms with Crippen molar-refractivity contribution in [2.75, 3.05) is 37.7 Å². The highest BCUT2D eigenvalue weighted by Crippen LogP contribution is 2.29. The van der Waals surface area contributed by atoms with Gasteiger partial charge in [-0.1, -0.05) is 6.92 Å². The van der Waals surface area contributed by atoms with Crippen LogP contribution in [0.5, 0.6) is 0 Å². The Morgan fingerprint density at radius 3 is 2.76 bits per heavy atom. The van der Waals surface area contributed by atoms with Gasteiger partial charge in [0.1, 0.15) is 12.1 Å². The third-order valence-electron chi connectivity index (χ3n) is 6.30. The van der Waals surface area contributed by atoms with Gasteiger partial charge in [0.25, 0.3) is 5.78 Å². The Hall–Kier alpha value is -2.22. The van der Waals surface area contributed by atoms with Crippen molar-refractivity contribution >= 4 is 17.6 Å². The van der Waals surface area contributed by atoms with E-state index in [1.807, 2.05) is 13.8 Å². The third kappa shape index (κ3) is 4.22. The van der Waals surface area contributed by atoms with Gasteiger partial charge in [-0.15, -0.1) is 0 Å². The Labute approximate surface area is 172 Å². The van der Waals surface area contributed by atoms with Crippen LogP contribution in [0.15, 0.2) is 6.33 Å². The summed E-state index contributed by atoms with van der Waals surface area (Å²) < 4.78 is 6.99. The van der Waals surface area contributed by atoms with Crippen LogP contribution in [-0.4, -0.2) is 69.3 Å². The molecule has 29 heavy (non-hydrogen) atoms. The molecule has 4 rings (SSSR count). The van der Waals surface area contributed by atoms with Gasteiger partial charge in [-0.2, -0.15) is 14.6 Å². The Morgan fingerprint density at radius 1 is 1.24 bits per heavy atom. The van der Waals surface area contributed by atoms with Gasteiger partial charge in [-0.25, -0.2) is 4.98 Å². The lowest BCUT2D eigenvalue weighted by atomic mass is 9.95. The first kappa shape index (κ1) is 20.1. The minimum atomic E-state index is -0.227. The number of carbonyl (C=O) groups excluding carboxylic acids is 1. The van der Waals surface area contributed by atoms with Gasteiger partial charge in [0.2, 0.25) is 0 Å². The van der Waals surface area contributed by atoms with E-state index in [2.05, 4.69) is 31.8 Å². The average molecular weight is 401 g/mol. The Morgan fingerprint density at radius 2 is 2.03 bits per heavy atom. The zero-order valence-corrected chi connectivity index (χ0v) is 17.8. The quantitative estimate of drug-likeness (QED) is 0.713. The zero-order valence-electron chi connectivity index (χ0n) is 17.8. The van der Waals surface area contributed by atoms with Gasteiger partial charge in [0.05, 0.1) is 13.0 Å². The van der Waals surface area contributed by atoms with Crippen LogP contribution < -0.4 is 4.90 Å². The number of ether oxygens (including phenoxy) is 1. The highest BCUT2D eigenvalue weighted by atomic mass is 16.5. The summed E-state index contributed by atoms with van der Waals surface area (Å²) >= 11 is 0. The minimum absolute atomic E-state index is 0.210. The van der Waals surface area contributed by atoms with Crippen LogP contribution in [0, 0.1) is 12.8 Å². The van der Waals surface area contributed by atoms with Crippen molar-refractivity contribution in [3.05, 3.63) is 17.6 Å². The van der Waals surface area contributed by atoms with Crippen molar-refractivity contribution in [1.29, 1.82) is 0 Å². The molecule has 0 N–H and O–H groups in total. The van der Waals surface area contributed by atoms with Crippen LogP contribution in [0.3, 0.4) is 0 Å². The first-order valence-corrected chi connectivity index (χ1v) is 10.9. The van der Waals surface area contributed by atoms with Crippen molar-refractivity contribution in [3.8, 4) is 0 Å². The smallest absolute Gasteiger partial charge is 0.310 e. The molecule has 2 fully saturated rings. The van der Waals surface area contributed by atoms with E-state index in [0.717, 1.165) is 48.9 Å². The van der Waals surface area contributed by atoms with Crippen molar-refractivity contribution in [2.45, 2.75) is 58.9 Å². The Bertz CT molecular complexity index is 858. The maximum atomic E-state index is 12.2. The lowest BCUT2D eigenvalue weighted by molar-refractivity contribution is -0.142. The second kappa shape index (κ2) is 8.65. The first-order chi connectivity index (χ1) is 14.1. The molecule has 2 aromatic heterocycles. The maximum Gasteiger partial charge on any atom is 0.310 e. The van der Waals surface area contributed by atoms with Crippen molar-refractivity contribution in [1.82, 2.24) is 24.5 Å². The van der Waals surface area contributed by atoms with Crippen molar-refractivity contribution in [2.24, 2.45) is 5.92 Å². The number of rotatable bonds is 5. The first-order valence-electron chi connectivity index (χ1n) is 10.9. The van der Waals surface area contributed by atoms with Crippen molar-refractivity contribution in [3.63, 3.8) is 0 Å². The van der Waals surface area contributed by atoms with Crippen LogP contribution in [-0.2, 0) is 16.0 Å². The monoisotopic (exact) mass is 400 g/mol. The number of piperidine rings is 2. The molecule has 8 nitrogen and oxygen atoms in total. The predicted octanol–water partition coefficient (Wildman–Crippen LogP) is 2.24. The summed E-state index contributed by atoms with van der Waals surface area (Å²) in [7, 11) is 0. The fraction of sp³-hybridized carbons (Fsp3) is 0.714. The van der Waals surface area contributed by atoms with E-state index in [0.29, 0.717) is 18.4 Å². The van der Waals surface area contributed by atoms with Crippen LogP contribution in [0.1, 0.15) is 50.8 Å². The van der Waals surface area contributed by atoms with Gasteiger partial charge < -0.3 is 9.64 Å². The van der Waals surface area contributed by atoms with Gasteiger partial charge in [0, 0.05) is 36.9 Å². The molecular weight excluding hydrogens is 368 g/mol. The molecule has 0 saturated carbocycles. The summed E-state index contributed by atoms with van der Waals surface area (Å²) in [5.41, 5.74) is 1.71. The van der Waals surface area contributed by atoms with Gasteiger partial charge in [-0.3, -0.25) is 9.69 Å². The summed E-state index contributed by atoms with van der Waals surface area (Å²) in [6, 6.07) is 0.650. The summed E-state index contributed by atoms with van der Waals surface area (Å²) in [6.45, 7) is 10.9. The molecule has 158 valence electrons. The molecule has 0 aliphatic carbocycles. The van der Waals surface area contributed by atoms with E-state index < -0.39 is 0 Å². The van der Waals surface area contributed by atoms with Gasteiger partial charge in [0.15, 0.2) is 0 Å². The molecule has 2 aliphatic heterocycles. The van der Waals surface area contributed by atoms with Gasteiger partial charge in [-0.05, 0) is 52.0 Å². The molecule has 0 amide bonds. The SMILES string of the molecule is CCOC(=O)Cc1c(C)nc2ncnn2c1N1CCC(N2CCC[C@@H](C)C2)CC1. The normalized spacial score (nSPS) is 21.6.